The summed E-state index contributed by atoms with van der Waals surface area (Å²) in [6.07, 6.45) is 3.11. The normalized spacial score (nSPS) is 25.9. The molecule has 2 aliphatic heterocycles. The minimum atomic E-state index is 0.138. The first-order chi connectivity index (χ1) is 11.8. The number of carbonyl (C=O) groups is 1. The van der Waals surface area contributed by atoms with Crippen molar-refractivity contribution in [2.24, 2.45) is 5.92 Å². The zero-order valence-electron chi connectivity index (χ0n) is 13.8. The molecule has 2 heterocycles. The highest BCUT2D eigenvalue weighted by atomic mass is 16.5. The van der Waals surface area contributed by atoms with Gasteiger partial charge in [0.05, 0.1) is 18.8 Å². The third kappa shape index (κ3) is 3.09. The maximum atomic E-state index is 12.7. The highest BCUT2D eigenvalue weighted by Crippen LogP contribution is 2.38. The van der Waals surface area contributed by atoms with E-state index in [2.05, 4.69) is 29.2 Å². The standard InChI is InChI=1S/C21H23NO2/c23-21-18-11-12-19(22(21)14-16-7-3-1-4-8-16)20(13-18)24-15-17-9-5-2-6-10-17/h1-10,18-20H,11-15H2/t18-,19+,20+/m0/s1. The molecule has 2 aromatic rings. The van der Waals surface area contributed by atoms with Gasteiger partial charge in [-0.1, -0.05) is 60.7 Å². The Balaban J connectivity index is 1.46. The lowest BCUT2D eigenvalue weighted by Gasteiger charge is -2.49. The summed E-state index contributed by atoms with van der Waals surface area (Å²) in [5.41, 5.74) is 2.39. The fourth-order valence-corrected chi connectivity index (χ4v) is 4.02. The molecule has 2 bridgehead atoms. The van der Waals surface area contributed by atoms with Gasteiger partial charge in [-0.3, -0.25) is 4.79 Å². The van der Waals surface area contributed by atoms with Crippen LogP contribution in [-0.2, 0) is 22.7 Å². The van der Waals surface area contributed by atoms with Crippen LogP contribution >= 0.6 is 0 Å². The molecule has 0 N–H and O–H groups in total. The van der Waals surface area contributed by atoms with Crippen LogP contribution < -0.4 is 0 Å². The SMILES string of the molecule is O=C1[C@H]2CC[C@H]([C@H](OCc3ccccc3)C2)N1Cc1ccccc1. The van der Waals surface area contributed by atoms with Crippen molar-refractivity contribution in [1.29, 1.82) is 0 Å². The monoisotopic (exact) mass is 321 g/mol. The number of fused-ring (bicyclic) bond motifs is 3. The highest BCUT2D eigenvalue weighted by Gasteiger charge is 2.46. The fourth-order valence-electron chi connectivity index (χ4n) is 4.02. The smallest absolute Gasteiger partial charge is 0.226 e. The first-order valence-corrected chi connectivity index (χ1v) is 8.81. The van der Waals surface area contributed by atoms with Crippen LogP contribution in [0.15, 0.2) is 60.7 Å². The van der Waals surface area contributed by atoms with Gasteiger partial charge in [0.2, 0.25) is 5.91 Å². The van der Waals surface area contributed by atoms with E-state index < -0.39 is 0 Å². The molecular formula is C21H23NO2. The topological polar surface area (TPSA) is 29.5 Å². The average molecular weight is 321 g/mol. The van der Waals surface area contributed by atoms with E-state index in [1.165, 1.54) is 11.1 Å². The van der Waals surface area contributed by atoms with Crippen LogP contribution in [0.5, 0.6) is 0 Å². The predicted octanol–water partition coefficient (Wildman–Crippen LogP) is 3.78. The van der Waals surface area contributed by atoms with Gasteiger partial charge in [-0.2, -0.15) is 0 Å². The van der Waals surface area contributed by atoms with Gasteiger partial charge in [-0.15, -0.1) is 0 Å². The van der Waals surface area contributed by atoms with E-state index in [4.69, 9.17) is 4.74 Å². The van der Waals surface area contributed by atoms with Crippen molar-refractivity contribution in [2.75, 3.05) is 0 Å². The number of hydrogen-bond donors (Lipinski definition) is 0. The number of benzene rings is 2. The number of hydrogen-bond acceptors (Lipinski definition) is 2. The van der Waals surface area contributed by atoms with Crippen molar-refractivity contribution in [3.63, 3.8) is 0 Å². The van der Waals surface area contributed by atoms with E-state index in [1.807, 2.05) is 36.4 Å². The number of piperidine rings is 2. The molecule has 1 aliphatic carbocycles. The van der Waals surface area contributed by atoms with Crippen molar-refractivity contribution < 1.29 is 9.53 Å². The Morgan fingerprint density at radius 3 is 2.29 bits per heavy atom. The molecule has 1 saturated carbocycles. The lowest BCUT2D eigenvalue weighted by molar-refractivity contribution is -0.163. The number of rotatable bonds is 5. The number of ether oxygens (including phenoxy) is 1. The van der Waals surface area contributed by atoms with Gasteiger partial charge in [0.15, 0.2) is 0 Å². The summed E-state index contributed by atoms with van der Waals surface area (Å²) in [6.45, 7) is 1.33. The first kappa shape index (κ1) is 15.4. The van der Waals surface area contributed by atoms with E-state index in [9.17, 15) is 4.79 Å². The number of nitrogens with zero attached hydrogens (tertiary/aromatic N) is 1. The molecule has 3 nitrogen and oxygen atoms in total. The molecule has 124 valence electrons. The summed E-state index contributed by atoms with van der Waals surface area (Å²) in [4.78, 5) is 14.7. The van der Waals surface area contributed by atoms with Gasteiger partial charge in [0.1, 0.15) is 0 Å². The Kier molecular flexibility index (Phi) is 4.35. The van der Waals surface area contributed by atoms with E-state index >= 15 is 0 Å². The van der Waals surface area contributed by atoms with Gasteiger partial charge in [0.25, 0.3) is 0 Å². The zero-order valence-corrected chi connectivity index (χ0v) is 13.8. The Morgan fingerprint density at radius 1 is 0.917 bits per heavy atom. The minimum Gasteiger partial charge on any atom is -0.371 e. The Hall–Kier alpha value is -2.13. The molecule has 3 aliphatic rings. The largest absolute Gasteiger partial charge is 0.371 e. The second kappa shape index (κ2) is 6.78. The molecular weight excluding hydrogens is 298 g/mol. The predicted molar refractivity (Wildman–Crippen MR) is 93.1 cm³/mol. The quantitative estimate of drug-likeness (QED) is 0.839. The lowest BCUT2D eigenvalue weighted by atomic mass is 9.77. The highest BCUT2D eigenvalue weighted by molar-refractivity contribution is 5.81. The molecule has 2 saturated heterocycles. The van der Waals surface area contributed by atoms with Crippen molar-refractivity contribution in [3.8, 4) is 0 Å². The van der Waals surface area contributed by atoms with E-state index in [-0.39, 0.29) is 18.1 Å². The van der Waals surface area contributed by atoms with Crippen LogP contribution in [0.1, 0.15) is 30.4 Å². The molecule has 3 atom stereocenters. The summed E-state index contributed by atoms with van der Waals surface area (Å²) < 4.78 is 6.23. The fraction of sp³-hybridized carbons (Fsp3) is 0.381. The van der Waals surface area contributed by atoms with E-state index in [0.29, 0.717) is 19.1 Å². The summed E-state index contributed by atoms with van der Waals surface area (Å²) in [5, 5.41) is 0. The molecule has 0 radical (unpaired) electrons. The molecule has 2 aromatic carbocycles. The molecule has 0 unspecified atom stereocenters. The van der Waals surface area contributed by atoms with E-state index in [0.717, 1.165) is 19.3 Å². The maximum Gasteiger partial charge on any atom is 0.226 e. The Bertz CT molecular complexity index is 685. The van der Waals surface area contributed by atoms with Crippen molar-refractivity contribution >= 4 is 5.91 Å². The van der Waals surface area contributed by atoms with Crippen LogP contribution in [-0.4, -0.2) is 23.0 Å². The van der Waals surface area contributed by atoms with Crippen molar-refractivity contribution in [1.82, 2.24) is 4.90 Å². The molecule has 24 heavy (non-hydrogen) atoms. The Morgan fingerprint density at radius 2 is 1.58 bits per heavy atom. The van der Waals surface area contributed by atoms with Crippen LogP contribution in [0, 0.1) is 5.92 Å². The second-order valence-corrected chi connectivity index (χ2v) is 6.86. The summed E-state index contributed by atoms with van der Waals surface area (Å²) in [5.74, 6) is 0.453. The summed E-state index contributed by atoms with van der Waals surface area (Å²) in [6, 6.07) is 20.8. The van der Waals surface area contributed by atoms with Crippen LogP contribution in [0.25, 0.3) is 0 Å². The van der Waals surface area contributed by atoms with Gasteiger partial charge >= 0.3 is 0 Å². The van der Waals surface area contributed by atoms with Gasteiger partial charge in [-0.25, -0.2) is 0 Å². The van der Waals surface area contributed by atoms with E-state index in [1.54, 1.807) is 0 Å². The number of amides is 1. The lowest BCUT2D eigenvalue weighted by Crippen LogP contribution is -2.59. The van der Waals surface area contributed by atoms with Crippen molar-refractivity contribution in [2.45, 2.75) is 44.6 Å². The van der Waals surface area contributed by atoms with Crippen LogP contribution in [0.2, 0.25) is 0 Å². The molecule has 0 spiro atoms. The maximum absolute atomic E-state index is 12.7. The first-order valence-electron chi connectivity index (χ1n) is 8.81. The third-order valence-electron chi connectivity index (χ3n) is 5.29. The minimum absolute atomic E-state index is 0.138. The van der Waals surface area contributed by atoms with Gasteiger partial charge in [0, 0.05) is 12.5 Å². The summed E-state index contributed by atoms with van der Waals surface area (Å²) >= 11 is 0. The zero-order chi connectivity index (χ0) is 16.4. The van der Waals surface area contributed by atoms with Crippen LogP contribution in [0.3, 0.4) is 0 Å². The van der Waals surface area contributed by atoms with Gasteiger partial charge < -0.3 is 9.64 Å². The summed E-state index contributed by atoms with van der Waals surface area (Å²) in [7, 11) is 0. The third-order valence-corrected chi connectivity index (χ3v) is 5.29. The second-order valence-electron chi connectivity index (χ2n) is 6.86. The number of carbonyl (C=O) groups excluding carboxylic acids is 1. The average Bonchev–Trinajstić information content (AvgIpc) is 2.65. The Labute approximate surface area is 143 Å². The molecule has 1 amide bonds. The molecule has 3 heteroatoms. The molecule has 5 rings (SSSR count). The van der Waals surface area contributed by atoms with Crippen molar-refractivity contribution in [3.05, 3.63) is 71.8 Å². The molecule has 0 aromatic heterocycles. The van der Waals surface area contributed by atoms with Crippen LogP contribution in [0.4, 0.5) is 0 Å². The van der Waals surface area contributed by atoms with Gasteiger partial charge in [-0.05, 0) is 30.4 Å². The molecule has 3 fully saturated rings.